The van der Waals surface area contributed by atoms with Gasteiger partial charge in [-0.05, 0) is 117 Å². The van der Waals surface area contributed by atoms with E-state index in [-0.39, 0.29) is 58.9 Å². The third kappa shape index (κ3) is 5.61. The van der Waals surface area contributed by atoms with Gasteiger partial charge in [-0.3, -0.25) is 19.2 Å². The van der Waals surface area contributed by atoms with Crippen LogP contribution >= 0.6 is 0 Å². The van der Waals surface area contributed by atoms with Crippen LogP contribution in [0.4, 0.5) is 0 Å². The van der Waals surface area contributed by atoms with Gasteiger partial charge >= 0.3 is 23.9 Å². The van der Waals surface area contributed by atoms with Crippen LogP contribution in [0.25, 0.3) is 0 Å². The van der Waals surface area contributed by atoms with E-state index in [2.05, 4.69) is 48.1 Å². The minimum atomic E-state index is -0.980. The second-order valence-corrected chi connectivity index (χ2v) is 17.3. The molecule has 5 aliphatic rings. The molecule has 5 rings (SSSR count). The van der Waals surface area contributed by atoms with Gasteiger partial charge in [-0.1, -0.05) is 46.8 Å². The highest BCUT2D eigenvalue weighted by Crippen LogP contribution is 2.77. The van der Waals surface area contributed by atoms with Crippen molar-refractivity contribution in [3.05, 3.63) is 12.2 Å². The largest absolute Gasteiger partial charge is 0.481 e. The van der Waals surface area contributed by atoms with Gasteiger partial charge in [0.05, 0.1) is 32.3 Å². The molecule has 0 spiro atoms. The van der Waals surface area contributed by atoms with Crippen LogP contribution in [0.3, 0.4) is 0 Å². The zero-order valence-corrected chi connectivity index (χ0v) is 29.1. The summed E-state index contributed by atoms with van der Waals surface area (Å²) in [5.41, 5.74) is 1.35. The molecule has 5 saturated carbocycles. The Kier molecular flexibility index (Phi) is 9.31. The maximum Gasteiger partial charge on any atom is 0.306 e. The van der Waals surface area contributed by atoms with Crippen molar-refractivity contribution < 1.29 is 38.9 Å². The molecule has 2 N–H and O–H groups in total. The van der Waals surface area contributed by atoms with Crippen molar-refractivity contribution in [2.45, 2.75) is 138 Å². The van der Waals surface area contributed by atoms with Crippen molar-refractivity contribution in [1.82, 2.24) is 0 Å². The van der Waals surface area contributed by atoms with E-state index in [1.165, 1.54) is 5.57 Å². The molecule has 0 aromatic heterocycles. The van der Waals surface area contributed by atoms with E-state index in [4.69, 9.17) is 19.7 Å². The minimum absolute atomic E-state index is 0.0818. The summed E-state index contributed by atoms with van der Waals surface area (Å²) in [4.78, 5) is 47.3. The molecule has 0 aromatic carbocycles. The quantitative estimate of drug-likeness (QED) is 0.182. The van der Waals surface area contributed by atoms with Crippen molar-refractivity contribution in [3.8, 4) is 0 Å². The second-order valence-electron chi connectivity index (χ2n) is 17.3. The molecule has 258 valence electrons. The predicted molar refractivity (Wildman–Crippen MR) is 174 cm³/mol. The number of carbonyl (C=O) groups excluding carboxylic acids is 2. The van der Waals surface area contributed by atoms with Gasteiger partial charge in [0.15, 0.2) is 0 Å². The van der Waals surface area contributed by atoms with Crippen LogP contribution < -0.4 is 0 Å². The molecule has 5 aliphatic carbocycles. The van der Waals surface area contributed by atoms with E-state index in [1.807, 2.05) is 0 Å². The fourth-order valence-corrected chi connectivity index (χ4v) is 12.7. The monoisotopic (exact) mass is 642 g/mol. The number of esters is 2. The van der Waals surface area contributed by atoms with E-state index in [0.29, 0.717) is 36.2 Å². The van der Waals surface area contributed by atoms with Crippen LogP contribution in [-0.2, 0) is 28.7 Å². The van der Waals surface area contributed by atoms with Crippen molar-refractivity contribution in [1.29, 1.82) is 0 Å². The maximum absolute atomic E-state index is 12.6. The van der Waals surface area contributed by atoms with Crippen LogP contribution in [-0.4, -0.2) is 46.8 Å². The first-order valence-corrected chi connectivity index (χ1v) is 17.9. The lowest BCUT2D eigenvalue weighted by Gasteiger charge is -2.73. The summed E-state index contributed by atoms with van der Waals surface area (Å²) in [7, 11) is 0. The molecular weight excluding hydrogens is 584 g/mol. The van der Waals surface area contributed by atoms with Crippen LogP contribution in [0, 0.1) is 56.7 Å². The number of hydrogen-bond acceptors (Lipinski definition) is 6. The number of ether oxygens (including phenoxy) is 2. The van der Waals surface area contributed by atoms with Crippen molar-refractivity contribution >= 4 is 23.9 Å². The highest BCUT2D eigenvalue weighted by atomic mass is 16.5. The minimum Gasteiger partial charge on any atom is -0.481 e. The van der Waals surface area contributed by atoms with Gasteiger partial charge < -0.3 is 19.7 Å². The van der Waals surface area contributed by atoms with Crippen LogP contribution in [0.1, 0.15) is 131 Å². The first kappa shape index (κ1) is 34.9. The predicted octanol–water partition coefficient (Wildman–Crippen LogP) is 7.83. The Bertz CT molecular complexity index is 1250. The maximum atomic E-state index is 12.6. The summed E-state index contributed by atoms with van der Waals surface area (Å²) in [6, 6.07) is 0. The van der Waals surface area contributed by atoms with E-state index in [1.54, 1.807) is 0 Å². The lowest BCUT2D eigenvalue weighted by Crippen LogP contribution is -2.67. The normalized spacial score (nSPS) is 42.4. The van der Waals surface area contributed by atoms with Crippen molar-refractivity contribution in [2.24, 2.45) is 56.7 Å². The molecule has 0 heterocycles. The lowest BCUT2D eigenvalue weighted by molar-refractivity contribution is -0.252. The average Bonchev–Trinajstić information content (AvgIpc) is 3.36. The molecule has 0 aromatic rings. The van der Waals surface area contributed by atoms with Crippen molar-refractivity contribution in [3.63, 3.8) is 0 Å². The fraction of sp³-hybridized carbons (Fsp3) is 0.842. The summed E-state index contributed by atoms with van der Waals surface area (Å²) >= 11 is 0. The topological polar surface area (TPSA) is 127 Å². The molecule has 10 unspecified atom stereocenters. The highest BCUT2D eigenvalue weighted by Gasteiger charge is 2.71. The Hall–Kier alpha value is -2.38. The van der Waals surface area contributed by atoms with E-state index in [0.717, 1.165) is 64.2 Å². The Morgan fingerprint density at radius 2 is 1.37 bits per heavy atom. The molecule has 46 heavy (non-hydrogen) atoms. The smallest absolute Gasteiger partial charge is 0.306 e. The van der Waals surface area contributed by atoms with Crippen LogP contribution in [0.2, 0.25) is 0 Å². The Labute approximate surface area is 275 Å². The van der Waals surface area contributed by atoms with Gasteiger partial charge in [-0.2, -0.15) is 0 Å². The standard InChI is InChI=1S/C38H58O8/c1-23(2)24-14-19-38(22-45-31(43)12-10-29(39)40)21-20-36(6)25(33(24)38)8-9-27-35(5)17-16-28(46-32(44)13-11-30(41)42)34(3,4)26(35)15-18-37(27,36)7/h24-28,33H,1,8-22H2,2-7H3,(H,39,40)(H,41,42). The number of allylic oxidation sites excluding steroid dienone is 1. The first-order valence-electron chi connectivity index (χ1n) is 17.9. The number of hydrogen-bond donors (Lipinski definition) is 2. The molecule has 0 radical (unpaired) electrons. The number of carboxylic acids is 2. The summed E-state index contributed by atoms with van der Waals surface area (Å²) < 4.78 is 11.9. The Morgan fingerprint density at radius 1 is 0.717 bits per heavy atom. The Balaban J connectivity index is 1.38. The van der Waals surface area contributed by atoms with Crippen LogP contribution in [0.5, 0.6) is 0 Å². The summed E-state index contributed by atoms with van der Waals surface area (Å²) in [5, 5.41) is 18.1. The number of carboxylic acid groups (broad SMARTS) is 2. The van der Waals surface area contributed by atoms with Gasteiger partial charge in [-0.25, -0.2) is 0 Å². The van der Waals surface area contributed by atoms with Gasteiger partial charge in [0.2, 0.25) is 0 Å². The molecule has 8 heteroatoms. The highest BCUT2D eigenvalue weighted by molar-refractivity contribution is 5.77. The molecule has 0 amide bonds. The Morgan fingerprint density at radius 3 is 2.00 bits per heavy atom. The molecule has 0 bridgehead atoms. The number of carbonyl (C=O) groups is 4. The van der Waals surface area contributed by atoms with E-state index >= 15 is 0 Å². The van der Waals surface area contributed by atoms with E-state index in [9.17, 15) is 19.2 Å². The summed E-state index contributed by atoms with van der Waals surface area (Å²) in [6.45, 7) is 19.2. The van der Waals surface area contributed by atoms with Gasteiger partial charge in [-0.15, -0.1) is 0 Å². The number of aliphatic carboxylic acids is 2. The zero-order chi connectivity index (χ0) is 33.9. The van der Waals surface area contributed by atoms with Gasteiger partial charge in [0.1, 0.15) is 6.10 Å². The van der Waals surface area contributed by atoms with E-state index < -0.39 is 23.9 Å². The third-order valence-electron chi connectivity index (χ3n) is 15.1. The number of fused-ring (bicyclic) bond motifs is 7. The van der Waals surface area contributed by atoms with Crippen LogP contribution in [0.15, 0.2) is 12.2 Å². The second kappa shape index (κ2) is 12.3. The SMILES string of the molecule is C=C(C)C1CCC2(COC(=O)CCC(=O)O)CCC3(C)C(CCC4C5(C)CCC(OC(=O)CCC(=O)O)C(C)(C)C5CCC43C)C12. The summed E-state index contributed by atoms with van der Waals surface area (Å²) in [6.07, 6.45) is 9.79. The average molecular weight is 643 g/mol. The molecule has 0 aliphatic heterocycles. The first-order chi connectivity index (χ1) is 21.4. The summed E-state index contributed by atoms with van der Waals surface area (Å²) in [5.74, 6) is -0.505. The van der Waals surface area contributed by atoms with Crippen molar-refractivity contribution in [2.75, 3.05) is 6.61 Å². The third-order valence-corrected chi connectivity index (χ3v) is 15.1. The molecule has 8 nitrogen and oxygen atoms in total. The molecular formula is C38H58O8. The number of rotatable bonds is 10. The van der Waals surface area contributed by atoms with Gasteiger partial charge in [0, 0.05) is 10.8 Å². The zero-order valence-electron chi connectivity index (χ0n) is 29.1. The molecule has 5 fully saturated rings. The lowest BCUT2D eigenvalue weighted by atomic mass is 9.32. The molecule has 10 atom stereocenters. The van der Waals surface area contributed by atoms with Gasteiger partial charge in [0.25, 0.3) is 0 Å². The fourth-order valence-electron chi connectivity index (χ4n) is 12.7. The molecule has 0 saturated heterocycles.